The number of nitrogens with one attached hydrogen (secondary N) is 1. The van der Waals surface area contributed by atoms with Gasteiger partial charge in [-0.25, -0.2) is 9.67 Å². The van der Waals surface area contributed by atoms with Crippen LogP contribution < -0.4 is 5.32 Å². The van der Waals surface area contributed by atoms with Gasteiger partial charge in [-0.2, -0.15) is 5.10 Å². The van der Waals surface area contributed by atoms with Gasteiger partial charge in [0.15, 0.2) is 0 Å². The van der Waals surface area contributed by atoms with E-state index in [2.05, 4.69) is 29.2 Å². The Morgan fingerprint density at radius 2 is 2.14 bits per heavy atom. The summed E-state index contributed by atoms with van der Waals surface area (Å²) in [7, 11) is 0. The van der Waals surface area contributed by atoms with Crippen molar-refractivity contribution >= 4 is 17.3 Å². The molecule has 1 aliphatic carbocycles. The van der Waals surface area contributed by atoms with Crippen LogP contribution in [-0.2, 0) is 0 Å². The number of hydrogen-bond acceptors (Lipinski definition) is 3. The van der Waals surface area contributed by atoms with E-state index in [-0.39, 0.29) is 0 Å². The molecule has 0 saturated heterocycles. The molecule has 1 heterocycles. The fourth-order valence-corrected chi connectivity index (χ4v) is 3.31. The zero-order valence-electron chi connectivity index (χ0n) is 12.5. The molecule has 2 aromatic rings. The molecule has 0 bridgehead atoms. The fraction of sp³-hybridized carbons (Fsp3) is 0.500. The third-order valence-electron chi connectivity index (χ3n) is 4.67. The Bertz CT molecular complexity index is 596. The van der Waals surface area contributed by atoms with Crippen molar-refractivity contribution in [1.82, 2.24) is 14.8 Å². The SMILES string of the molecule is CC1CCCC(Nc2cc(Cl)ccc2-n2cncn2)C1C. The van der Waals surface area contributed by atoms with E-state index in [4.69, 9.17) is 11.6 Å². The normalized spacial score (nSPS) is 25.8. The molecule has 112 valence electrons. The molecule has 5 heteroatoms. The van der Waals surface area contributed by atoms with Gasteiger partial charge in [0.05, 0.1) is 11.4 Å². The van der Waals surface area contributed by atoms with E-state index in [9.17, 15) is 0 Å². The maximum atomic E-state index is 6.18. The van der Waals surface area contributed by atoms with Crippen molar-refractivity contribution in [2.45, 2.75) is 39.2 Å². The molecule has 0 amide bonds. The molecule has 1 N–H and O–H groups in total. The van der Waals surface area contributed by atoms with Gasteiger partial charge in [0.1, 0.15) is 12.7 Å². The standard InChI is InChI=1S/C16H21ClN4/c1-11-4-3-5-14(12(11)2)20-15-8-13(17)6-7-16(15)21-10-18-9-19-21/h6-12,14,20H,3-5H2,1-2H3. The molecule has 3 unspecified atom stereocenters. The first-order valence-electron chi connectivity index (χ1n) is 7.56. The van der Waals surface area contributed by atoms with Crippen LogP contribution in [0.2, 0.25) is 5.02 Å². The molecule has 1 saturated carbocycles. The van der Waals surface area contributed by atoms with Crippen molar-refractivity contribution in [2.24, 2.45) is 11.8 Å². The quantitative estimate of drug-likeness (QED) is 0.926. The molecule has 0 spiro atoms. The molecule has 4 nitrogen and oxygen atoms in total. The number of halogens is 1. The molecular weight excluding hydrogens is 284 g/mol. The zero-order valence-corrected chi connectivity index (χ0v) is 13.2. The van der Waals surface area contributed by atoms with Gasteiger partial charge < -0.3 is 5.32 Å². The van der Waals surface area contributed by atoms with Crippen LogP contribution in [0.5, 0.6) is 0 Å². The highest BCUT2D eigenvalue weighted by molar-refractivity contribution is 6.31. The van der Waals surface area contributed by atoms with Gasteiger partial charge in [0.25, 0.3) is 0 Å². The van der Waals surface area contributed by atoms with E-state index >= 15 is 0 Å². The van der Waals surface area contributed by atoms with Crippen LogP contribution in [0.25, 0.3) is 5.69 Å². The number of anilines is 1. The Morgan fingerprint density at radius 3 is 2.90 bits per heavy atom. The molecule has 1 aliphatic rings. The molecule has 0 radical (unpaired) electrons. The maximum Gasteiger partial charge on any atom is 0.138 e. The lowest BCUT2D eigenvalue weighted by atomic mass is 9.78. The lowest BCUT2D eigenvalue weighted by molar-refractivity contribution is 0.253. The van der Waals surface area contributed by atoms with E-state index < -0.39 is 0 Å². The van der Waals surface area contributed by atoms with E-state index in [0.717, 1.165) is 22.3 Å². The van der Waals surface area contributed by atoms with Crippen molar-refractivity contribution in [2.75, 3.05) is 5.32 Å². The predicted octanol–water partition coefficient (Wildman–Crippen LogP) is 4.16. The van der Waals surface area contributed by atoms with Crippen LogP contribution in [0.4, 0.5) is 5.69 Å². The molecule has 3 rings (SSSR count). The first-order valence-corrected chi connectivity index (χ1v) is 7.94. The Balaban J connectivity index is 1.89. The molecular formula is C16H21ClN4. The highest BCUT2D eigenvalue weighted by atomic mass is 35.5. The van der Waals surface area contributed by atoms with Crippen LogP contribution in [-0.4, -0.2) is 20.8 Å². The lowest BCUT2D eigenvalue weighted by Crippen LogP contribution is -2.35. The highest BCUT2D eigenvalue weighted by Gasteiger charge is 2.27. The summed E-state index contributed by atoms with van der Waals surface area (Å²) in [6.07, 6.45) is 7.06. The van der Waals surface area contributed by atoms with Gasteiger partial charge in [-0.3, -0.25) is 0 Å². The largest absolute Gasteiger partial charge is 0.380 e. The highest BCUT2D eigenvalue weighted by Crippen LogP contribution is 2.33. The van der Waals surface area contributed by atoms with Crippen LogP contribution in [0.3, 0.4) is 0 Å². The second-order valence-corrected chi connectivity index (χ2v) is 6.46. The summed E-state index contributed by atoms with van der Waals surface area (Å²) >= 11 is 6.18. The van der Waals surface area contributed by atoms with E-state index in [1.807, 2.05) is 18.2 Å². The molecule has 3 atom stereocenters. The van der Waals surface area contributed by atoms with Crippen LogP contribution >= 0.6 is 11.6 Å². The first-order chi connectivity index (χ1) is 10.1. The minimum Gasteiger partial charge on any atom is -0.380 e. The van der Waals surface area contributed by atoms with Gasteiger partial charge in [0.2, 0.25) is 0 Å². The zero-order chi connectivity index (χ0) is 14.8. The summed E-state index contributed by atoms with van der Waals surface area (Å²) < 4.78 is 1.77. The van der Waals surface area contributed by atoms with Gasteiger partial charge in [-0.05, 0) is 36.5 Å². The molecule has 1 fully saturated rings. The minimum absolute atomic E-state index is 0.481. The van der Waals surface area contributed by atoms with Gasteiger partial charge in [0, 0.05) is 11.1 Å². The van der Waals surface area contributed by atoms with Crippen molar-refractivity contribution in [3.8, 4) is 5.69 Å². The van der Waals surface area contributed by atoms with Crippen molar-refractivity contribution in [3.63, 3.8) is 0 Å². The summed E-state index contributed by atoms with van der Waals surface area (Å²) in [6.45, 7) is 4.68. The minimum atomic E-state index is 0.481. The van der Waals surface area contributed by atoms with E-state index in [1.165, 1.54) is 19.3 Å². The fourth-order valence-electron chi connectivity index (χ4n) is 3.14. The molecule has 1 aromatic heterocycles. The maximum absolute atomic E-state index is 6.18. The third kappa shape index (κ3) is 3.05. The predicted molar refractivity (Wildman–Crippen MR) is 86.0 cm³/mol. The number of rotatable bonds is 3. The Labute approximate surface area is 130 Å². The van der Waals surface area contributed by atoms with Crippen molar-refractivity contribution < 1.29 is 0 Å². The van der Waals surface area contributed by atoms with Gasteiger partial charge >= 0.3 is 0 Å². The monoisotopic (exact) mass is 304 g/mol. The van der Waals surface area contributed by atoms with Crippen molar-refractivity contribution in [1.29, 1.82) is 0 Å². The topological polar surface area (TPSA) is 42.7 Å². The van der Waals surface area contributed by atoms with Crippen LogP contribution in [0.15, 0.2) is 30.9 Å². The lowest BCUT2D eigenvalue weighted by Gasteiger charge is -2.35. The number of benzene rings is 1. The summed E-state index contributed by atoms with van der Waals surface area (Å²) in [5.41, 5.74) is 2.02. The van der Waals surface area contributed by atoms with Gasteiger partial charge in [-0.1, -0.05) is 38.3 Å². The molecule has 1 aromatic carbocycles. The van der Waals surface area contributed by atoms with Crippen molar-refractivity contribution in [3.05, 3.63) is 35.9 Å². The van der Waals surface area contributed by atoms with Crippen LogP contribution in [0.1, 0.15) is 33.1 Å². The Kier molecular flexibility index (Phi) is 4.15. The average Bonchev–Trinajstić information content (AvgIpc) is 2.98. The second kappa shape index (κ2) is 6.06. The van der Waals surface area contributed by atoms with Crippen LogP contribution in [0, 0.1) is 11.8 Å². The summed E-state index contributed by atoms with van der Waals surface area (Å²) in [5, 5.41) is 8.65. The smallest absolute Gasteiger partial charge is 0.138 e. The second-order valence-electron chi connectivity index (χ2n) is 6.02. The third-order valence-corrected chi connectivity index (χ3v) is 4.91. The summed E-state index contributed by atoms with van der Waals surface area (Å²) in [5.74, 6) is 1.41. The number of hydrogen-bond donors (Lipinski definition) is 1. The van der Waals surface area contributed by atoms with Gasteiger partial charge in [-0.15, -0.1) is 0 Å². The Morgan fingerprint density at radius 1 is 1.29 bits per heavy atom. The number of aromatic nitrogens is 3. The Hall–Kier alpha value is -1.55. The summed E-state index contributed by atoms with van der Waals surface area (Å²) in [6, 6.07) is 6.33. The molecule has 21 heavy (non-hydrogen) atoms. The van der Waals surface area contributed by atoms with E-state index in [0.29, 0.717) is 12.0 Å². The first kappa shape index (κ1) is 14.4. The number of nitrogens with zero attached hydrogens (tertiary/aromatic N) is 3. The summed E-state index contributed by atoms with van der Waals surface area (Å²) in [4.78, 5) is 4.03. The van der Waals surface area contributed by atoms with E-state index in [1.54, 1.807) is 17.3 Å². The molecule has 0 aliphatic heterocycles. The average molecular weight is 305 g/mol.